The van der Waals surface area contributed by atoms with Crippen molar-refractivity contribution in [3.63, 3.8) is 0 Å². The molecule has 1 unspecified atom stereocenters. The number of Topliss-reactive ketones (excluding diaryl/α,β-unsaturated/α-hetero) is 1. The Hall–Kier alpha value is -3.64. The molecule has 1 atom stereocenters. The standard InChI is InChI=1S/C24H19ClN2O4/c1-31-19-4-2-3-15(13-19)14-27-21(16-9-11-26-12-10-16)20(23(29)24(27)30)22(28)17-5-7-18(25)8-6-17/h2-13,21,28H,14H2,1H3/b22-20-. The molecule has 2 heterocycles. The zero-order valence-electron chi connectivity index (χ0n) is 16.7. The third kappa shape index (κ3) is 4.02. The zero-order valence-corrected chi connectivity index (χ0v) is 17.4. The number of benzene rings is 2. The molecule has 3 aromatic rings. The highest BCUT2D eigenvalue weighted by atomic mass is 35.5. The molecule has 31 heavy (non-hydrogen) atoms. The number of aliphatic hydroxyl groups is 1. The number of hydrogen-bond donors (Lipinski definition) is 1. The van der Waals surface area contributed by atoms with Crippen LogP contribution in [0.25, 0.3) is 5.76 Å². The molecule has 1 aromatic heterocycles. The number of amides is 1. The first-order chi connectivity index (χ1) is 15.0. The van der Waals surface area contributed by atoms with E-state index in [9.17, 15) is 14.7 Å². The van der Waals surface area contributed by atoms with E-state index < -0.39 is 17.7 Å². The quantitative estimate of drug-likeness (QED) is 0.366. The van der Waals surface area contributed by atoms with Crippen LogP contribution in [0.1, 0.15) is 22.7 Å². The SMILES string of the molecule is COc1cccc(CN2C(=O)C(=O)/C(=C(\O)c3ccc(Cl)cc3)C2c2ccncc2)c1. The van der Waals surface area contributed by atoms with E-state index in [1.165, 1.54) is 4.90 Å². The van der Waals surface area contributed by atoms with Crippen molar-refractivity contribution in [3.8, 4) is 5.75 Å². The van der Waals surface area contributed by atoms with Crippen LogP contribution in [0.3, 0.4) is 0 Å². The van der Waals surface area contributed by atoms with Gasteiger partial charge in [0.25, 0.3) is 11.7 Å². The highest BCUT2D eigenvalue weighted by Gasteiger charge is 2.46. The molecule has 4 rings (SSSR count). The fraction of sp³-hybridized carbons (Fsp3) is 0.125. The highest BCUT2D eigenvalue weighted by molar-refractivity contribution is 6.46. The molecule has 1 fully saturated rings. The molecule has 0 spiro atoms. The van der Waals surface area contributed by atoms with Crippen molar-refractivity contribution < 1.29 is 19.4 Å². The normalized spacial score (nSPS) is 17.7. The molecule has 0 bridgehead atoms. The monoisotopic (exact) mass is 434 g/mol. The van der Waals surface area contributed by atoms with Gasteiger partial charge in [-0.25, -0.2) is 0 Å². The first kappa shape index (κ1) is 20.6. The topological polar surface area (TPSA) is 79.7 Å². The van der Waals surface area contributed by atoms with Crippen molar-refractivity contribution in [2.24, 2.45) is 0 Å². The van der Waals surface area contributed by atoms with Crippen molar-refractivity contribution in [1.29, 1.82) is 0 Å². The Balaban J connectivity index is 1.83. The average molecular weight is 435 g/mol. The molecule has 7 heteroatoms. The van der Waals surface area contributed by atoms with Crippen LogP contribution >= 0.6 is 11.6 Å². The summed E-state index contributed by atoms with van der Waals surface area (Å²) in [5.41, 5.74) is 1.91. The zero-order chi connectivity index (χ0) is 22.0. The van der Waals surface area contributed by atoms with E-state index >= 15 is 0 Å². The third-order valence-corrected chi connectivity index (χ3v) is 5.42. The van der Waals surface area contributed by atoms with E-state index in [-0.39, 0.29) is 17.9 Å². The number of ketones is 1. The number of halogens is 1. The first-order valence-corrected chi connectivity index (χ1v) is 9.94. The minimum Gasteiger partial charge on any atom is -0.507 e. The van der Waals surface area contributed by atoms with Crippen molar-refractivity contribution in [2.45, 2.75) is 12.6 Å². The van der Waals surface area contributed by atoms with Gasteiger partial charge in [0, 0.05) is 29.5 Å². The second-order valence-corrected chi connectivity index (χ2v) is 7.50. The number of ether oxygens (including phenoxy) is 1. The smallest absolute Gasteiger partial charge is 0.295 e. The summed E-state index contributed by atoms with van der Waals surface area (Å²) in [6.07, 6.45) is 3.17. The lowest BCUT2D eigenvalue weighted by Crippen LogP contribution is -2.29. The fourth-order valence-corrected chi connectivity index (χ4v) is 3.79. The van der Waals surface area contributed by atoms with Crippen molar-refractivity contribution >= 4 is 29.1 Å². The van der Waals surface area contributed by atoms with Crippen molar-refractivity contribution in [2.75, 3.05) is 7.11 Å². The minimum atomic E-state index is -0.759. The summed E-state index contributed by atoms with van der Waals surface area (Å²) in [4.78, 5) is 31.5. The fourth-order valence-electron chi connectivity index (χ4n) is 3.67. The Morgan fingerprint density at radius 1 is 1.10 bits per heavy atom. The van der Waals surface area contributed by atoms with E-state index in [2.05, 4.69) is 4.98 Å². The molecule has 1 saturated heterocycles. The Labute approximate surface area is 184 Å². The molecule has 6 nitrogen and oxygen atoms in total. The van der Waals surface area contributed by atoms with E-state index in [0.717, 1.165) is 5.56 Å². The molecule has 1 aliphatic heterocycles. The van der Waals surface area contributed by atoms with Gasteiger partial charge >= 0.3 is 0 Å². The molecule has 0 radical (unpaired) electrons. The van der Waals surface area contributed by atoms with Crippen molar-refractivity contribution in [3.05, 3.63) is 100 Å². The number of aromatic nitrogens is 1. The summed E-state index contributed by atoms with van der Waals surface area (Å²) < 4.78 is 5.27. The maximum atomic E-state index is 13.0. The van der Waals surface area contributed by atoms with Gasteiger partial charge in [-0.1, -0.05) is 23.7 Å². The molecule has 1 amide bonds. The van der Waals surface area contributed by atoms with Crippen LogP contribution in [0.5, 0.6) is 5.75 Å². The number of aliphatic hydroxyl groups excluding tert-OH is 1. The summed E-state index contributed by atoms with van der Waals surface area (Å²) in [5, 5.41) is 11.5. The lowest BCUT2D eigenvalue weighted by molar-refractivity contribution is -0.140. The van der Waals surface area contributed by atoms with Crippen LogP contribution in [0, 0.1) is 0 Å². The average Bonchev–Trinajstić information content (AvgIpc) is 3.04. The highest BCUT2D eigenvalue weighted by Crippen LogP contribution is 2.40. The van der Waals surface area contributed by atoms with Crippen LogP contribution in [0.15, 0.2) is 78.6 Å². The van der Waals surface area contributed by atoms with Crippen LogP contribution in [0.2, 0.25) is 5.02 Å². The Morgan fingerprint density at radius 3 is 2.48 bits per heavy atom. The maximum absolute atomic E-state index is 13.0. The van der Waals surface area contributed by atoms with Gasteiger partial charge in [-0.2, -0.15) is 0 Å². The Kier molecular flexibility index (Phi) is 5.73. The number of carbonyl (C=O) groups excluding carboxylic acids is 2. The van der Waals surface area contributed by atoms with Crippen LogP contribution in [0.4, 0.5) is 0 Å². The van der Waals surface area contributed by atoms with Gasteiger partial charge in [-0.15, -0.1) is 0 Å². The largest absolute Gasteiger partial charge is 0.507 e. The number of carbonyl (C=O) groups is 2. The van der Waals surface area contributed by atoms with E-state index in [1.54, 1.807) is 62.0 Å². The second-order valence-electron chi connectivity index (χ2n) is 7.07. The second kappa shape index (κ2) is 8.62. The number of pyridine rings is 1. The predicted molar refractivity (Wildman–Crippen MR) is 117 cm³/mol. The summed E-state index contributed by atoms with van der Waals surface area (Å²) >= 11 is 5.95. The van der Waals surface area contributed by atoms with Gasteiger partial charge in [0.1, 0.15) is 11.5 Å². The maximum Gasteiger partial charge on any atom is 0.295 e. The van der Waals surface area contributed by atoms with Gasteiger partial charge in [-0.3, -0.25) is 14.6 Å². The molecule has 0 saturated carbocycles. The van der Waals surface area contributed by atoms with E-state index in [1.807, 2.05) is 18.2 Å². The Morgan fingerprint density at radius 2 is 1.81 bits per heavy atom. The van der Waals surface area contributed by atoms with Crippen molar-refractivity contribution in [1.82, 2.24) is 9.88 Å². The molecule has 0 aliphatic carbocycles. The molecule has 156 valence electrons. The summed E-state index contributed by atoms with van der Waals surface area (Å²) in [5.74, 6) is -1.02. The number of methoxy groups -OCH3 is 1. The lowest BCUT2D eigenvalue weighted by Gasteiger charge is -2.25. The number of likely N-dealkylation sites (tertiary alicyclic amines) is 1. The van der Waals surface area contributed by atoms with E-state index in [4.69, 9.17) is 16.3 Å². The summed E-state index contributed by atoms with van der Waals surface area (Å²) in [6.45, 7) is 0.173. The minimum absolute atomic E-state index is 0.0291. The van der Waals surface area contributed by atoms with E-state index in [0.29, 0.717) is 21.9 Å². The molecular weight excluding hydrogens is 416 g/mol. The Bertz CT molecular complexity index is 1160. The number of hydrogen-bond acceptors (Lipinski definition) is 5. The van der Waals surface area contributed by atoms with Gasteiger partial charge in [0.15, 0.2) is 0 Å². The summed E-state index contributed by atoms with van der Waals surface area (Å²) in [6, 6.07) is 16.4. The van der Waals surface area contributed by atoms with Gasteiger partial charge in [0.2, 0.25) is 0 Å². The van der Waals surface area contributed by atoms with Crippen LogP contribution in [-0.2, 0) is 16.1 Å². The molecule has 1 N–H and O–H groups in total. The van der Waals surface area contributed by atoms with Crippen LogP contribution in [-0.4, -0.2) is 33.8 Å². The first-order valence-electron chi connectivity index (χ1n) is 9.57. The third-order valence-electron chi connectivity index (χ3n) is 5.17. The lowest BCUT2D eigenvalue weighted by atomic mass is 9.96. The molecule has 2 aromatic carbocycles. The van der Waals surface area contributed by atoms with Gasteiger partial charge < -0.3 is 14.7 Å². The number of nitrogens with zero attached hydrogens (tertiary/aromatic N) is 2. The molecular formula is C24H19ClN2O4. The predicted octanol–water partition coefficient (Wildman–Crippen LogP) is 4.37. The number of rotatable bonds is 5. The summed E-state index contributed by atoms with van der Waals surface area (Å²) in [7, 11) is 1.56. The molecule has 1 aliphatic rings. The van der Waals surface area contributed by atoms with Gasteiger partial charge in [0.05, 0.1) is 18.7 Å². The van der Waals surface area contributed by atoms with Gasteiger partial charge in [-0.05, 0) is 59.7 Å². The van der Waals surface area contributed by atoms with Crippen LogP contribution < -0.4 is 4.74 Å².